The third-order valence-corrected chi connectivity index (χ3v) is 5.97. The van der Waals surface area contributed by atoms with Crippen LogP contribution in [0.4, 0.5) is 19.0 Å². The smallest absolute Gasteiger partial charge is 0.353 e. The Labute approximate surface area is 198 Å². The summed E-state index contributed by atoms with van der Waals surface area (Å²) >= 11 is 0. The minimum absolute atomic E-state index is 0.171. The summed E-state index contributed by atoms with van der Waals surface area (Å²) < 4.78 is 39.7. The van der Waals surface area contributed by atoms with E-state index in [0.29, 0.717) is 48.5 Å². The number of fused-ring (bicyclic) bond motifs is 1. The molecule has 0 atom stereocenters. The van der Waals surface area contributed by atoms with Crippen molar-refractivity contribution in [3.8, 4) is 5.69 Å². The number of pyridine rings is 1. The van der Waals surface area contributed by atoms with Crippen molar-refractivity contribution in [1.29, 1.82) is 0 Å². The summed E-state index contributed by atoms with van der Waals surface area (Å²) in [6.07, 6.45) is -3.63. The SMILES string of the molecule is O=C(c1nn(-c2ccccc2)c(=O)c2ccccc12)N1CCN(c2ccc(C(F)(F)F)cn2)CC1. The number of halogens is 3. The second-order valence-corrected chi connectivity index (χ2v) is 8.13. The van der Waals surface area contributed by atoms with Crippen LogP contribution in [-0.4, -0.2) is 51.8 Å². The monoisotopic (exact) mass is 479 g/mol. The van der Waals surface area contributed by atoms with Gasteiger partial charge < -0.3 is 9.80 Å². The first-order valence-corrected chi connectivity index (χ1v) is 11.0. The summed E-state index contributed by atoms with van der Waals surface area (Å²) in [5.74, 6) is 0.109. The zero-order chi connectivity index (χ0) is 24.6. The van der Waals surface area contributed by atoms with Crippen LogP contribution >= 0.6 is 0 Å². The van der Waals surface area contributed by atoms with Crippen LogP contribution < -0.4 is 10.5 Å². The maximum atomic E-state index is 13.5. The molecule has 0 saturated carbocycles. The van der Waals surface area contributed by atoms with E-state index in [9.17, 15) is 22.8 Å². The number of nitrogens with zero attached hydrogens (tertiary/aromatic N) is 5. The molecule has 4 aromatic rings. The van der Waals surface area contributed by atoms with Crippen molar-refractivity contribution in [1.82, 2.24) is 19.7 Å². The number of amides is 1. The molecule has 1 fully saturated rings. The summed E-state index contributed by atoms with van der Waals surface area (Å²) in [6, 6.07) is 18.1. The van der Waals surface area contributed by atoms with Gasteiger partial charge in [0.1, 0.15) is 5.82 Å². The van der Waals surface area contributed by atoms with Gasteiger partial charge in [-0.2, -0.15) is 23.0 Å². The van der Waals surface area contributed by atoms with E-state index in [1.807, 2.05) is 11.0 Å². The fraction of sp³-hybridized carbons (Fsp3) is 0.200. The average Bonchev–Trinajstić information content (AvgIpc) is 2.89. The molecule has 1 aliphatic rings. The minimum Gasteiger partial charge on any atom is -0.353 e. The molecule has 0 aliphatic carbocycles. The molecule has 0 radical (unpaired) electrons. The third-order valence-electron chi connectivity index (χ3n) is 5.97. The van der Waals surface area contributed by atoms with Gasteiger partial charge in [0.15, 0.2) is 5.69 Å². The Balaban J connectivity index is 1.41. The van der Waals surface area contributed by atoms with Crippen molar-refractivity contribution in [2.24, 2.45) is 0 Å². The number of alkyl halides is 3. The number of anilines is 1. The highest BCUT2D eigenvalue weighted by Gasteiger charge is 2.31. The Morgan fingerprint density at radius 1 is 0.829 bits per heavy atom. The van der Waals surface area contributed by atoms with Crippen molar-refractivity contribution in [2.75, 3.05) is 31.1 Å². The van der Waals surface area contributed by atoms with Crippen molar-refractivity contribution < 1.29 is 18.0 Å². The molecule has 0 bridgehead atoms. The molecule has 0 unspecified atom stereocenters. The van der Waals surface area contributed by atoms with Gasteiger partial charge in [-0.1, -0.05) is 36.4 Å². The van der Waals surface area contributed by atoms with Gasteiger partial charge in [0, 0.05) is 37.8 Å². The van der Waals surface area contributed by atoms with Gasteiger partial charge in [-0.25, -0.2) is 4.98 Å². The Hall–Kier alpha value is -4.21. The van der Waals surface area contributed by atoms with Gasteiger partial charge in [0.05, 0.1) is 16.6 Å². The number of carbonyl (C=O) groups excluding carboxylic acids is 1. The molecule has 1 amide bonds. The lowest BCUT2D eigenvalue weighted by molar-refractivity contribution is -0.137. The topological polar surface area (TPSA) is 71.3 Å². The van der Waals surface area contributed by atoms with Crippen molar-refractivity contribution in [3.05, 3.63) is 94.5 Å². The molecule has 35 heavy (non-hydrogen) atoms. The fourth-order valence-corrected chi connectivity index (χ4v) is 4.12. The van der Waals surface area contributed by atoms with Crippen LogP contribution in [0, 0.1) is 0 Å². The Morgan fingerprint density at radius 2 is 1.49 bits per heavy atom. The summed E-state index contributed by atoms with van der Waals surface area (Å²) in [5.41, 5.74) is -0.399. The lowest BCUT2D eigenvalue weighted by Gasteiger charge is -2.35. The second kappa shape index (κ2) is 8.86. The predicted octanol–water partition coefficient (Wildman–Crippen LogP) is 3.76. The van der Waals surface area contributed by atoms with Crippen molar-refractivity contribution >= 4 is 22.5 Å². The zero-order valence-electron chi connectivity index (χ0n) is 18.4. The van der Waals surface area contributed by atoms with Crippen LogP contribution in [0.5, 0.6) is 0 Å². The van der Waals surface area contributed by atoms with E-state index in [1.54, 1.807) is 53.4 Å². The van der Waals surface area contributed by atoms with Gasteiger partial charge in [0.25, 0.3) is 11.5 Å². The van der Waals surface area contributed by atoms with Crippen molar-refractivity contribution in [2.45, 2.75) is 6.18 Å². The number of aromatic nitrogens is 3. The Bertz CT molecular complexity index is 1430. The Morgan fingerprint density at radius 3 is 2.11 bits per heavy atom. The zero-order valence-corrected chi connectivity index (χ0v) is 18.4. The largest absolute Gasteiger partial charge is 0.417 e. The van der Waals surface area contributed by atoms with Crippen LogP contribution in [-0.2, 0) is 6.18 Å². The normalized spacial score (nSPS) is 14.4. The van der Waals surface area contributed by atoms with E-state index in [0.717, 1.165) is 12.3 Å². The minimum atomic E-state index is -4.44. The molecule has 2 aromatic carbocycles. The Kier molecular flexibility index (Phi) is 5.72. The average molecular weight is 479 g/mol. The number of hydrogen-bond acceptors (Lipinski definition) is 5. The van der Waals surface area contributed by atoms with Gasteiger partial charge >= 0.3 is 6.18 Å². The number of para-hydroxylation sites is 1. The summed E-state index contributed by atoms with van der Waals surface area (Å²) in [6.45, 7) is 1.48. The van der Waals surface area contributed by atoms with Crippen LogP contribution in [0.15, 0.2) is 77.7 Å². The molecule has 5 rings (SSSR count). The molecule has 2 aromatic heterocycles. The molecular formula is C25H20F3N5O2. The number of rotatable bonds is 3. The van der Waals surface area contributed by atoms with Crippen molar-refractivity contribution in [3.63, 3.8) is 0 Å². The third kappa shape index (κ3) is 4.34. The highest BCUT2D eigenvalue weighted by atomic mass is 19.4. The number of benzene rings is 2. The maximum Gasteiger partial charge on any atom is 0.417 e. The first kappa shape index (κ1) is 22.6. The molecule has 1 saturated heterocycles. The van der Waals surface area contributed by atoms with Crippen LogP contribution in [0.2, 0.25) is 0 Å². The first-order valence-electron chi connectivity index (χ1n) is 11.0. The van der Waals surface area contributed by atoms with E-state index in [1.165, 1.54) is 10.7 Å². The van der Waals surface area contributed by atoms with Gasteiger partial charge in [-0.3, -0.25) is 9.59 Å². The first-order chi connectivity index (χ1) is 16.8. The van der Waals surface area contributed by atoms with Crippen LogP contribution in [0.1, 0.15) is 16.1 Å². The molecule has 178 valence electrons. The molecule has 10 heteroatoms. The summed E-state index contributed by atoms with van der Waals surface area (Å²) in [5, 5.41) is 5.30. The molecule has 7 nitrogen and oxygen atoms in total. The quantitative estimate of drug-likeness (QED) is 0.448. The maximum absolute atomic E-state index is 13.5. The lowest BCUT2D eigenvalue weighted by Crippen LogP contribution is -2.49. The van der Waals surface area contributed by atoms with E-state index in [-0.39, 0.29) is 17.2 Å². The second-order valence-electron chi connectivity index (χ2n) is 8.13. The molecule has 0 N–H and O–H groups in total. The molecule has 3 heterocycles. The molecule has 1 aliphatic heterocycles. The summed E-state index contributed by atoms with van der Waals surface area (Å²) in [7, 11) is 0. The van der Waals surface area contributed by atoms with E-state index >= 15 is 0 Å². The van der Waals surface area contributed by atoms with Crippen LogP contribution in [0.3, 0.4) is 0 Å². The predicted molar refractivity (Wildman–Crippen MR) is 125 cm³/mol. The van der Waals surface area contributed by atoms with E-state index < -0.39 is 11.7 Å². The van der Waals surface area contributed by atoms with E-state index in [2.05, 4.69) is 10.1 Å². The summed E-state index contributed by atoms with van der Waals surface area (Å²) in [4.78, 5) is 34.0. The molecule has 0 spiro atoms. The van der Waals surface area contributed by atoms with Gasteiger partial charge in [-0.15, -0.1) is 0 Å². The number of piperazine rings is 1. The van der Waals surface area contributed by atoms with Gasteiger partial charge in [-0.05, 0) is 30.3 Å². The lowest BCUT2D eigenvalue weighted by atomic mass is 10.1. The van der Waals surface area contributed by atoms with Gasteiger partial charge in [0.2, 0.25) is 0 Å². The van der Waals surface area contributed by atoms with E-state index in [4.69, 9.17) is 0 Å². The highest BCUT2D eigenvalue weighted by Crippen LogP contribution is 2.29. The number of hydrogen-bond donors (Lipinski definition) is 0. The highest BCUT2D eigenvalue weighted by molar-refractivity contribution is 6.05. The standard InChI is InChI=1S/C25H20F3N5O2/c26-25(27,28)17-10-11-21(29-16-17)31-12-14-32(15-13-31)24(35)22-19-8-4-5-9-20(19)23(34)33(30-22)18-6-2-1-3-7-18/h1-11,16H,12-15H2. The fourth-order valence-electron chi connectivity index (χ4n) is 4.12. The number of carbonyl (C=O) groups is 1. The van der Waals surface area contributed by atoms with Crippen LogP contribution in [0.25, 0.3) is 16.5 Å². The molecular weight excluding hydrogens is 459 g/mol.